The minimum absolute atomic E-state index is 0.943. The molecule has 0 spiro atoms. The van der Waals surface area contributed by atoms with Gasteiger partial charge in [0.1, 0.15) is 5.52 Å². The molecule has 0 atom stereocenters. The van der Waals surface area contributed by atoms with Crippen molar-refractivity contribution in [3.63, 3.8) is 0 Å². The number of fused-ring (bicyclic) bond motifs is 1. The van der Waals surface area contributed by atoms with Crippen LogP contribution < -0.4 is 0 Å². The van der Waals surface area contributed by atoms with Crippen LogP contribution >= 0.6 is 0 Å². The molecule has 0 amide bonds. The zero-order valence-electron chi connectivity index (χ0n) is 7.73. The first kappa shape index (κ1) is 7.98. The van der Waals surface area contributed by atoms with Crippen molar-refractivity contribution in [2.24, 2.45) is 7.05 Å². The Balaban J connectivity index is 2.74. The average Bonchev–Trinajstić information content (AvgIpc) is 2.47. The topological polar surface area (TPSA) is 30.7 Å². The van der Waals surface area contributed by atoms with Gasteiger partial charge in [0.2, 0.25) is 0 Å². The van der Waals surface area contributed by atoms with E-state index in [4.69, 9.17) is 0 Å². The van der Waals surface area contributed by atoms with Crippen molar-refractivity contribution in [3.8, 4) is 0 Å². The minimum atomic E-state index is 0.943. The molecule has 0 fully saturated rings. The molecular weight excluding hydrogens is 162 g/mol. The van der Waals surface area contributed by atoms with Crippen molar-refractivity contribution in [2.45, 2.75) is 6.92 Å². The van der Waals surface area contributed by atoms with Gasteiger partial charge in [-0.25, -0.2) is 0 Å². The molecule has 0 saturated heterocycles. The van der Waals surface area contributed by atoms with E-state index in [1.165, 1.54) is 0 Å². The summed E-state index contributed by atoms with van der Waals surface area (Å²) < 4.78 is 1.80. The van der Waals surface area contributed by atoms with E-state index < -0.39 is 0 Å². The number of allylic oxidation sites excluding steroid dienone is 1. The van der Waals surface area contributed by atoms with Crippen molar-refractivity contribution in [3.05, 3.63) is 30.2 Å². The molecule has 0 N–H and O–H groups in total. The van der Waals surface area contributed by atoms with Crippen LogP contribution in [0.2, 0.25) is 0 Å². The van der Waals surface area contributed by atoms with Crippen LogP contribution in [-0.2, 0) is 7.05 Å². The fourth-order valence-electron chi connectivity index (χ4n) is 1.39. The molecule has 0 bridgehead atoms. The third-order valence-electron chi connectivity index (χ3n) is 1.93. The number of aromatic nitrogens is 3. The number of hydrogen-bond acceptors (Lipinski definition) is 2. The molecule has 0 radical (unpaired) electrons. The van der Waals surface area contributed by atoms with E-state index in [0.717, 1.165) is 16.5 Å². The van der Waals surface area contributed by atoms with E-state index in [9.17, 15) is 0 Å². The van der Waals surface area contributed by atoms with E-state index in [0.29, 0.717) is 0 Å². The number of pyridine rings is 1. The highest BCUT2D eigenvalue weighted by molar-refractivity contribution is 5.86. The van der Waals surface area contributed by atoms with Gasteiger partial charge >= 0.3 is 0 Å². The molecule has 0 aliphatic heterocycles. The summed E-state index contributed by atoms with van der Waals surface area (Å²) in [5, 5.41) is 5.43. The summed E-state index contributed by atoms with van der Waals surface area (Å²) >= 11 is 0. The highest BCUT2D eigenvalue weighted by atomic mass is 15.2. The Hall–Kier alpha value is -1.64. The maximum Gasteiger partial charge on any atom is 0.111 e. The van der Waals surface area contributed by atoms with Crippen LogP contribution in [0.1, 0.15) is 12.5 Å². The Labute approximate surface area is 76.7 Å². The zero-order chi connectivity index (χ0) is 9.26. The van der Waals surface area contributed by atoms with Gasteiger partial charge in [0.05, 0.1) is 6.20 Å². The maximum absolute atomic E-state index is 4.28. The van der Waals surface area contributed by atoms with Crippen LogP contribution in [0.15, 0.2) is 24.7 Å². The molecule has 3 nitrogen and oxygen atoms in total. The lowest BCUT2D eigenvalue weighted by Crippen LogP contribution is -1.84. The van der Waals surface area contributed by atoms with Crippen molar-refractivity contribution < 1.29 is 0 Å². The monoisotopic (exact) mass is 173 g/mol. The first-order valence-electron chi connectivity index (χ1n) is 4.21. The van der Waals surface area contributed by atoms with Gasteiger partial charge in [0.15, 0.2) is 0 Å². The van der Waals surface area contributed by atoms with Gasteiger partial charge < -0.3 is 0 Å². The third-order valence-corrected chi connectivity index (χ3v) is 1.93. The van der Waals surface area contributed by atoms with Gasteiger partial charge in [-0.3, -0.25) is 9.67 Å². The van der Waals surface area contributed by atoms with E-state index in [-0.39, 0.29) is 0 Å². The molecule has 3 heteroatoms. The van der Waals surface area contributed by atoms with Crippen LogP contribution in [-0.4, -0.2) is 14.8 Å². The lowest BCUT2D eigenvalue weighted by atomic mass is 10.2. The standard InChI is InChI=1S/C10H11N3/c1-3-4-8-5-11-6-10-9(8)7-13(2)12-10/h3-7H,1-2H3/b4-3+. The van der Waals surface area contributed by atoms with Gasteiger partial charge in [-0.1, -0.05) is 12.2 Å². The van der Waals surface area contributed by atoms with Gasteiger partial charge in [-0.05, 0) is 6.92 Å². The van der Waals surface area contributed by atoms with Crippen LogP contribution in [0, 0.1) is 0 Å². The Kier molecular flexibility index (Phi) is 1.85. The first-order chi connectivity index (χ1) is 6.31. The molecule has 2 aromatic heterocycles. The molecule has 0 saturated carbocycles. The van der Waals surface area contributed by atoms with Crippen LogP contribution in [0.3, 0.4) is 0 Å². The van der Waals surface area contributed by atoms with Crippen molar-refractivity contribution in [2.75, 3.05) is 0 Å². The van der Waals surface area contributed by atoms with Gasteiger partial charge in [0, 0.05) is 30.4 Å². The fraction of sp³-hybridized carbons (Fsp3) is 0.200. The number of rotatable bonds is 1. The summed E-state index contributed by atoms with van der Waals surface area (Å²) in [5.41, 5.74) is 2.06. The second-order valence-corrected chi connectivity index (χ2v) is 2.96. The Morgan fingerprint density at radius 3 is 3.00 bits per heavy atom. The number of nitrogens with zero attached hydrogens (tertiary/aromatic N) is 3. The van der Waals surface area contributed by atoms with Crippen molar-refractivity contribution in [1.29, 1.82) is 0 Å². The quantitative estimate of drug-likeness (QED) is 0.660. The molecule has 66 valence electrons. The molecule has 2 heterocycles. The van der Waals surface area contributed by atoms with Crippen LogP contribution in [0.4, 0.5) is 0 Å². The largest absolute Gasteiger partial charge is 0.275 e. The molecule has 0 unspecified atom stereocenters. The van der Waals surface area contributed by atoms with E-state index in [1.54, 1.807) is 10.9 Å². The SMILES string of the molecule is C/C=C/c1cncc2nn(C)cc12. The lowest BCUT2D eigenvalue weighted by Gasteiger charge is -1.92. The summed E-state index contributed by atoms with van der Waals surface area (Å²) in [6.07, 6.45) is 9.68. The van der Waals surface area contributed by atoms with Gasteiger partial charge in [-0.15, -0.1) is 0 Å². The lowest BCUT2D eigenvalue weighted by molar-refractivity contribution is 0.779. The highest BCUT2D eigenvalue weighted by Gasteiger charge is 2.01. The molecule has 0 aliphatic rings. The van der Waals surface area contributed by atoms with Crippen LogP contribution in [0.5, 0.6) is 0 Å². The second kappa shape index (κ2) is 3.01. The van der Waals surface area contributed by atoms with Crippen molar-refractivity contribution in [1.82, 2.24) is 14.8 Å². The minimum Gasteiger partial charge on any atom is -0.275 e. The smallest absolute Gasteiger partial charge is 0.111 e. The second-order valence-electron chi connectivity index (χ2n) is 2.96. The normalized spacial score (nSPS) is 11.5. The number of aryl methyl sites for hydroxylation is 1. The molecule has 2 rings (SSSR count). The molecule has 2 aromatic rings. The summed E-state index contributed by atoms with van der Waals surface area (Å²) in [6, 6.07) is 0. The molecule has 0 aromatic carbocycles. The fourth-order valence-corrected chi connectivity index (χ4v) is 1.39. The van der Waals surface area contributed by atoms with Crippen molar-refractivity contribution >= 4 is 17.0 Å². The average molecular weight is 173 g/mol. The molecule has 0 aliphatic carbocycles. The summed E-state index contributed by atoms with van der Waals surface area (Å²) in [5.74, 6) is 0. The van der Waals surface area contributed by atoms with E-state index in [1.807, 2.05) is 38.5 Å². The maximum atomic E-state index is 4.28. The summed E-state index contributed by atoms with van der Waals surface area (Å²) in [7, 11) is 1.92. The third kappa shape index (κ3) is 1.33. The van der Waals surface area contributed by atoms with Gasteiger partial charge in [-0.2, -0.15) is 5.10 Å². The number of hydrogen-bond donors (Lipinski definition) is 0. The Morgan fingerprint density at radius 2 is 2.23 bits per heavy atom. The Bertz CT molecular complexity index is 454. The summed E-state index contributed by atoms with van der Waals surface area (Å²) in [4.78, 5) is 4.12. The zero-order valence-corrected chi connectivity index (χ0v) is 7.73. The van der Waals surface area contributed by atoms with E-state index >= 15 is 0 Å². The predicted molar refractivity (Wildman–Crippen MR) is 53.2 cm³/mol. The van der Waals surface area contributed by atoms with Crippen LogP contribution in [0.25, 0.3) is 17.0 Å². The summed E-state index contributed by atoms with van der Waals surface area (Å²) in [6.45, 7) is 2.00. The highest BCUT2D eigenvalue weighted by Crippen LogP contribution is 2.16. The van der Waals surface area contributed by atoms with E-state index in [2.05, 4.69) is 10.1 Å². The molecular formula is C10H11N3. The predicted octanol–water partition coefficient (Wildman–Crippen LogP) is 2.00. The Morgan fingerprint density at radius 1 is 1.38 bits per heavy atom. The van der Waals surface area contributed by atoms with Gasteiger partial charge in [0.25, 0.3) is 0 Å². The molecule has 13 heavy (non-hydrogen) atoms. The first-order valence-corrected chi connectivity index (χ1v) is 4.21.